The van der Waals surface area contributed by atoms with E-state index in [0.29, 0.717) is 0 Å². The first-order valence-corrected chi connectivity index (χ1v) is 6.03. The SMILES string of the molecule is CC(C)CCC(N)c1cccc(N(C)C)c1. The van der Waals surface area contributed by atoms with Crippen LogP contribution in [0.15, 0.2) is 24.3 Å². The van der Waals surface area contributed by atoms with Crippen molar-refractivity contribution < 1.29 is 0 Å². The molecular formula is C14H24N2. The molecule has 0 aliphatic rings. The zero-order valence-electron chi connectivity index (χ0n) is 10.9. The number of nitrogens with zero attached hydrogens (tertiary/aromatic N) is 1. The van der Waals surface area contributed by atoms with Crippen LogP contribution >= 0.6 is 0 Å². The van der Waals surface area contributed by atoms with Gasteiger partial charge in [0.1, 0.15) is 0 Å². The average molecular weight is 220 g/mol. The fourth-order valence-corrected chi connectivity index (χ4v) is 1.71. The molecule has 0 radical (unpaired) electrons. The van der Waals surface area contributed by atoms with Crippen molar-refractivity contribution in [3.63, 3.8) is 0 Å². The minimum atomic E-state index is 0.169. The molecular weight excluding hydrogens is 196 g/mol. The number of hydrogen-bond acceptors (Lipinski definition) is 2. The van der Waals surface area contributed by atoms with E-state index in [1.54, 1.807) is 0 Å². The normalized spacial score (nSPS) is 12.9. The van der Waals surface area contributed by atoms with Crippen molar-refractivity contribution in [2.24, 2.45) is 11.7 Å². The Morgan fingerprint density at radius 1 is 1.19 bits per heavy atom. The molecule has 2 nitrogen and oxygen atoms in total. The van der Waals surface area contributed by atoms with Gasteiger partial charge in [0.05, 0.1) is 0 Å². The molecule has 1 unspecified atom stereocenters. The van der Waals surface area contributed by atoms with Crippen LogP contribution in [0.3, 0.4) is 0 Å². The summed E-state index contributed by atoms with van der Waals surface area (Å²) in [5.74, 6) is 0.725. The summed E-state index contributed by atoms with van der Waals surface area (Å²) in [4.78, 5) is 2.11. The van der Waals surface area contributed by atoms with Gasteiger partial charge in [0, 0.05) is 25.8 Å². The van der Waals surface area contributed by atoms with Gasteiger partial charge < -0.3 is 10.6 Å². The minimum Gasteiger partial charge on any atom is -0.378 e. The molecule has 1 aromatic rings. The third kappa shape index (κ3) is 3.86. The Morgan fingerprint density at radius 3 is 2.44 bits per heavy atom. The van der Waals surface area contributed by atoms with Crippen LogP contribution in [0.4, 0.5) is 5.69 Å². The van der Waals surface area contributed by atoms with E-state index in [4.69, 9.17) is 5.73 Å². The van der Waals surface area contributed by atoms with Gasteiger partial charge in [0.15, 0.2) is 0 Å². The molecule has 0 fully saturated rings. The molecule has 0 aliphatic heterocycles. The molecule has 1 aromatic carbocycles. The lowest BCUT2D eigenvalue weighted by Crippen LogP contribution is -2.13. The molecule has 2 N–H and O–H groups in total. The highest BCUT2D eigenvalue weighted by Gasteiger charge is 2.08. The van der Waals surface area contributed by atoms with Gasteiger partial charge in [-0.05, 0) is 36.5 Å². The molecule has 0 bridgehead atoms. The van der Waals surface area contributed by atoms with Crippen LogP contribution in [0.5, 0.6) is 0 Å². The van der Waals surface area contributed by atoms with Crippen LogP contribution < -0.4 is 10.6 Å². The Kier molecular flexibility index (Phi) is 4.81. The highest BCUT2D eigenvalue weighted by Crippen LogP contribution is 2.22. The molecule has 0 spiro atoms. The predicted molar refractivity (Wildman–Crippen MR) is 71.8 cm³/mol. The van der Waals surface area contributed by atoms with E-state index in [1.807, 2.05) is 0 Å². The quantitative estimate of drug-likeness (QED) is 0.825. The topological polar surface area (TPSA) is 29.3 Å². The van der Waals surface area contributed by atoms with Crippen molar-refractivity contribution in [1.29, 1.82) is 0 Å². The van der Waals surface area contributed by atoms with Gasteiger partial charge in [-0.1, -0.05) is 26.0 Å². The van der Waals surface area contributed by atoms with Crippen LogP contribution in [-0.2, 0) is 0 Å². The highest BCUT2D eigenvalue weighted by atomic mass is 15.1. The Morgan fingerprint density at radius 2 is 1.88 bits per heavy atom. The minimum absolute atomic E-state index is 0.169. The van der Waals surface area contributed by atoms with E-state index < -0.39 is 0 Å². The molecule has 0 aliphatic carbocycles. The predicted octanol–water partition coefficient (Wildman–Crippen LogP) is 3.19. The lowest BCUT2D eigenvalue weighted by atomic mass is 9.98. The summed E-state index contributed by atoms with van der Waals surface area (Å²) in [7, 11) is 4.11. The molecule has 90 valence electrons. The van der Waals surface area contributed by atoms with Gasteiger partial charge in [-0.2, -0.15) is 0 Å². The smallest absolute Gasteiger partial charge is 0.0364 e. The third-order valence-corrected chi connectivity index (χ3v) is 2.87. The van der Waals surface area contributed by atoms with Gasteiger partial charge in [0.25, 0.3) is 0 Å². The van der Waals surface area contributed by atoms with Crippen LogP contribution in [0.25, 0.3) is 0 Å². The summed E-state index contributed by atoms with van der Waals surface area (Å²) in [6.07, 6.45) is 2.25. The van der Waals surface area contributed by atoms with Crippen molar-refractivity contribution in [2.75, 3.05) is 19.0 Å². The van der Waals surface area contributed by atoms with Gasteiger partial charge in [-0.3, -0.25) is 0 Å². The second-order valence-electron chi connectivity index (χ2n) is 5.07. The highest BCUT2D eigenvalue weighted by molar-refractivity contribution is 5.47. The maximum absolute atomic E-state index is 6.19. The van der Waals surface area contributed by atoms with Crippen LogP contribution in [0.2, 0.25) is 0 Å². The Bertz CT molecular complexity index is 318. The summed E-state index contributed by atoms with van der Waals surface area (Å²) < 4.78 is 0. The first-order valence-electron chi connectivity index (χ1n) is 6.03. The summed E-state index contributed by atoms with van der Waals surface area (Å²) in [6.45, 7) is 4.48. The molecule has 0 aromatic heterocycles. The van der Waals surface area contributed by atoms with Gasteiger partial charge in [-0.15, -0.1) is 0 Å². The van der Waals surface area contributed by atoms with Crippen molar-refractivity contribution in [3.8, 4) is 0 Å². The first kappa shape index (κ1) is 13.0. The molecule has 1 rings (SSSR count). The van der Waals surface area contributed by atoms with E-state index in [9.17, 15) is 0 Å². The van der Waals surface area contributed by atoms with Crippen molar-refractivity contribution >= 4 is 5.69 Å². The third-order valence-electron chi connectivity index (χ3n) is 2.87. The lowest BCUT2D eigenvalue weighted by Gasteiger charge is -2.17. The summed E-state index contributed by atoms with van der Waals surface area (Å²) in [5, 5.41) is 0. The summed E-state index contributed by atoms with van der Waals surface area (Å²) >= 11 is 0. The van der Waals surface area contributed by atoms with E-state index in [0.717, 1.165) is 12.3 Å². The monoisotopic (exact) mass is 220 g/mol. The van der Waals surface area contributed by atoms with Gasteiger partial charge in [-0.25, -0.2) is 0 Å². The number of benzene rings is 1. The maximum Gasteiger partial charge on any atom is 0.0364 e. The van der Waals surface area contributed by atoms with E-state index in [-0.39, 0.29) is 6.04 Å². The number of rotatable bonds is 5. The van der Waals surface area contributed by atoms with Crippen molar-refractivity contribution in [2.45, 2.75) is 32.7 Å². The van der Waals surface area contributed by atoms with E-state index in [2.05, 4.69) is 57.1 Å². The standard InChI is InChI=1S/C14H24N2/c1-11(2)8-9-14(15)12-6-5-7-13(10-12)16(3)4/h5-7,10-11,14H,8-9,15H2,1-4H3. The summed E-state index contributed by atoms with van der Waals surface area (Å²) in [5.41, 5.74) is 8.66. The Labute approximate surface area is 99.5 Å². The van der Waals surface area contributed by atoms with Gasteiger partial charge in [0.2, 0.25) is 0 Å². The molecule has 1 atom stereocenters. The van der Waals surface area contributed by atoms with Gasteiger partial charge >= 0.3 is 0 Å². The first-order chi connectivity index (χ1) is 7.50. The van der Waals surface area contributed by atoms with Crippen LogP contribution in [0.1, 0.15) is 38.3 Å². The summed E-state index contributed by atoms with van der Waals surface area (Å²) in [6, 6.07) is 8.67. The van der Waals surface area contributed by atoms with Crippen LogP contribution in [-0.4, -0.2) is 14.1 Å². The zero-order valence-corrected chi connectivity index (χ0v) is 10.9. The number of nitrogens with two attached hydrogens (primary N) is 1. The maximum atomic E-state index is 6.19. The Balaban J connectivity index is 2.68. The molecule has 16 heavy (non-hydrogen) atoms. The van der Waals surface area contributed by atoms with Crippen molar-refractivity contribution in [3.05, 3.63) is 29.8 Å². The molecule has 2 heteroatoms. The second kappa shape index (κ2) is 5.90. The molecule has 0 heterocycles. The lowest BCUT2D eigenvalue weighted by molar-refractivity contribution is 0.507. The molecule has 0 saturated heterocycles. The Hall–Kier alpha value is -1.02. The number of anilines is 1. The largest absolute Gasteiger partial charge is 0.378 e. The van der Waals surface area contributed by atoms with Crippen molar-refractivity contribution in [1.82, 2.24) is 0 Å². The fourth-order valence-electron chi connectivity index (χ4n) is 1.71. The van der Waals surface area contributed by atoms with Crippen LogP contribution in [0, 0.1) is 5.92 Å². The average Bonchev–Trinajstić information content (AvgIpc) is 2.26. The molecule has 0 saturated carbocycles. The zero-order chi connectivity index (χ0) is 12.1. The van der Waals surface area contributed by atoms with E-state index in [1.165, 1.54) is 17.7 Å². The fraction of sp³-hybridized carbons (Fsp3) is 0.571. The van der Waals surface area contributed by atoms with E-state index >= 15 is 0 Å². The second-order valence-corrected chi connectivity index (χ2v) is 5.07. The molecule has 0 amide bonds. The number of hydrogen-bond donors (Lipinski definition) is 1.